The zero-order chi connectivity index (χ0) is 16.0. The third-order valence-corrected chi connectivity index (χ3v) is 4.30. The lowest BCUT2D eigenvalue weighted by Gasteiger charge is -2.38. The number of nitrogens with zero attached hydrogens (tertiary/aromatic N) is 1. The second kappa shape index (κ2) is 7.58. The van der Waals surface area contributed by atoms with Crippen LogP contribution < -0.4 is 5.32 Å². The Kier molecular flexibility index (Phi) is 5.77. The van der Waals surface area contributed by atoms with Crippen LogP contribution in [0.5, 0.6) is 0 Å². The molecule has 0 radical (unpaired) electrons. The molecule has 0 bridgehead atoms. The molecule has 1 aliphatic rings. The topological polar surface area (TPSA) is 52.6 Å². The maximum Gasteiger partial charge on any atom is 0.321 e. The first kappa shape index (κ1) is 16.7. The quantitative estimate of drug-likeness (QED) is 0.814. The van der Waals surface area contributed by atoms with E-state index in [-0.39, 0.29) is 11.8 Å². The van der Waals surface area contributed by atoms with Gasteiger partial charge in [-0.3, -0.25) is 0 Å². The highest BCUT2D eigenvalue weighted by Gasteiger charge is 2.33. The molecule has 0 aromatic heterocycles. The van der Waals surface area contributed by atoms with Gasteiger partial charge in [0.1, 0.15) is 5.82 Å². The van der Waals surface area contributed by atoms with Crippen LogP contribution in [-0.2, 0) is 0 Å². The number of hydrogen-bond acceptors (Lipinski definition) is 2. The average Bonchev–Trinajstić information content (AvgIpc) is 2.48. The lowest BCUT2D eigenvalue weighted by molar-refractivity contribution is -0.0196. The molecular weight excluding hydrogens is 283 g/mol. The van der Waals surface area contributed by atoms with Crippen molar-refractivity contribution in [1.29, 1.82) is 0 Å². The summed E-state index contributed by atoms with van der Waals surface area (Å²) in [6.45, 7) is 3.21. The van der Waals surface area contributed by atoms with Crippen molar-refractivity contribution in [3.8, 4) is 0 Å². The first-order valence-electron chi connectivity index (χ1n) is 8.06. The largest absolute Gasteiger partial charge is 0.390 e. The predicted octanol–water partition coefficient (Wildman–Crippen LogP) is 3.76. The number of hydrogen-bond donors (Lipinski definition) is 2. The highest BCUT2D eigenvalue weighted by atomic mass is 19.1. The molecule has 1 aromatic carbocycles. The third-order valence-electron chi connectivity index (χ3n) is 4.30. The Labute approximate surface area is 131 Å². The Morgan fingerprint density at radius 1 is 1.36 bits per heavy atom. The number of nitrogens with one attached hydrogen (secondary N) is 1. The number of urea groups is 1. The summed E-state index contributed by atoms with van der Waals surface area (Å²) in [5, 5.41) is 13.2. The fourth-order valence-electron chi connectivity index (χ4n) is 2.85. The van der Waals surface area contributed by atoms with Gasteiger partial charge in [-0.1, -0.05) is 32.3 Å². The zero-order valence-electron chi connectivity index (χ0n) is 13.1. The molecule has 5 heteroatoms. The van der Waals surface area contributed by atoms with Crippen molar-refractivity contribution < 1.29 is 14.3 Å². The van der Waals surface area contributed by atoms with Crippen LogP contribution in [0.4, 0.5) is 14.9 Å². The number of carbonyl (C=O) groups excluding carboxylic acids is 1. The number of rotatable bonds is 5. The standard InChI is InChI=1S/C17H25FN2O2/c1-2-3-4-8-17(22)9-11-20(12-10-17)16(21)19-15-7-5-6-14(18)13-15/h5-7,13,22H,2-4,8-12H2,1H3,(H,19,21). The summed E-state index contributed by atoms with van der Waals surface area (Å²) < 4.78 is 13.1. The van der Waals surface area contributed by atoms with E-state index in [1.807, 2.05) is 0 Å². The Morgan fingerprint density at radius 2 is 2.09 bits per heavy atom. The van der Waals surface area contributed by atoms with Crippen molar-refractivity contribution in [2.24, 2.45) is 0 Å². The van der Waals surface area contributed by atoms with E-state index in [1.165, 1.54) is 12.1 Å². The third kappa shape index (κ3) is 4.70. The molecular formula is C17H25FN2O2. The van der Waals surface area contributed by atoms with Crippen molar-refractivity contribution in [1.82, 2.24) is 4.90 Å². The van der Waals surface area contributed by atoms with Crippen LogP contribution in [0, 0.1) is 5.82 Å². The summed E-state index contributed by atoms with van der Waals surface area (Å²) in [5.74, 6) is -0.373. The molecule has 0 aliphatic carbocycles. The maximum absolute atomic E-state index is 13.1. The SMILES string of the molecule is CCCCCC1(O)CCN(C(=O)Nc2cccc(F)c2)CC1. The van der Waals surface area contributed by atoms with Gasteiger partial charge >= 0.3 is 6.03 Å². The Bertz CT molecular complexity index is 499. The molecule has 22 heavy (non-hydrogen) atoms. The number of likely N-dealkylation sites (tertiary alicyclic amines) is 1. The molecule has 4 nitrogen and oxygen atoms in total. The van der Waals surface area contributed by atoms with E-state index < -0.39 is 5.60 Å². The monoisotopic (exact) mass is 308 g/mol. The number of amides is 2. The smallest absolute Gasteiger partial charge is 0.321 e. The minimum atomic E-state index is -0.634. The molecule has 0 spiro atoms. The molecule has 122 valence electrons. The van der Waals surface area contributed by atoms with E-state index in [0.29, 0.717) is 31.6 Å². The van der Waals surface area contributed by atoms with Crippen molar-refractivity contribution in [2.45, 2.75) is 51.0 Å². The summed E-state index contributed by atoms with van der Waals surface area (Å²) >= 11 is 0. The van der Waals surface area contributed by atoms with Crippen molar-refractivity contribution in [3.63, 3.8) is 0 Å². The Balaban J connectivity index is 1.82. The molecule has 0 unspecified atom stereocenters. The minimum absolute atomic E-state index is 0.235. The number of unbranched alkanes of at least 4 members (excludes halogenated alkanes) is 2. The predicted molar refractivity (Wildman–Crippen MR) is 85.3 cm³/mol. The Hall–Kier alpha value is -1.62. The van der Waals surface area contributed by atoms with E-state index in [2.05, 4.69) is 12.2 Å². The molecule has 1 fully saturated rings. The maximum atomic E-state index is 13.1. The number of anilines is 1. The van der Waals surface area contributed by atoms with Gasteiger partial charge in [0.25, 0.3) is 0 Å². The van der Waals surface area contributed by atoms with Gasteiger partial charge < -0.3 is 15.3 Å². The second-order valence-corrected chi connectivity index (χ2v) is 6.11. The van der Waals surface area contributed by atoms with Gasteiger partial charge in [-0.25, -0.2) is 9.18 Å². The molecule has 1 aromatic rings. The molecule has 1 heterocycles. The van der Waals surface area contributed by atoms with E-state index in [0.717, 1.165) is 25.7 Å². The second-order valence-electron chi connectivity index (χ2n) is 6.11. The van der Waals surface area contributed by atoms with E-state index >= 15 is 0 Å². The van der Waals surface area contributed by atoms with Crippen LogP contribution in [0.1, 0.15) is 45.4 Å². The van der Waals surface area contributed by atoms with Crippen molar-refractivity contribution in [3.05, 3.63) is 30.1 Å². The summed E-state index contributed by atoms with van der Waals surface area (Å²) in [4.78, 5) is 13.8. The van der Waals surface area contributed by atoms with Gasteiger partial charge in [0.2, 0.25) is 0 Å². The minimum Gasteiger partial charge on any atom is -0.390 e. The average molecular weight is 308 g/mol. The number of benzene rings is 1. The van der Waals surface area contributed by atoms with E-state index in [9.17, 15) is 14.3 Å². The van der Waals surface area contributed by atoms with Gasteiger partial charge in [0.05, 0.1) is 5.60 Å². The van der Waals surface area contributed by atoms with Crippen LogP contribution in [0.15, 0.2) is 24.3 Å². The van der Waals surface area contributed by atoms with Crippen LogP contribution in [0.25, 0.3) is 0 Å². The molecule has 1 aliphatic heterocycles. The fraction of sp³-hybridized carbons (Fsp3) is 0.588. The van der Waals surface area contributed by atoms with E-state index in [1.54, 1.807) is 17.0 Å². The number of aliphatic hydroxyl groups is 1. The summed E-state index contributed by atoms with van der Waals surface area (Å²) in [6.07, 6.45) is 5.31. The highest BCUT2D eigenvalue weighted by molar-refractivity contribution is 5.89. The number of halogens is 1. The molecule has 0 atom stereocenters. The van der Waals surface area contributed by atoms with Gasteiger partial charge in [-0.15, -0.1) is 0 Å². The molecule has 2 N–H and O–H groups in total. The van der Waals surface area contributed by atoms with Crippen molar-refractivity contribution in [2.75, 3.05) is 18.4 Å². The summed E-state index contributed by atoms with van der Waals surface area (Å²) in [5.41, 5.74) is -0.182. The first-order valence-corrected chi connectivity index (χ1v) is 8.06. The molecule has 1 saturated heterocycles. The normalized spacial score (nSPS) is 17.3. The zero-order valence-corrected chi connectivity index (χ0v) is 13.1. The lowest BCUT2D eigenvalue weighted by Crippen LogP contribution is -2.48. The highest BCUT2D eigenvalue weighted by Crippen LogP contribution is 2.28. The van der Waals surface area contributed by atoms with Gasteiger partial charge in [-0.05, 0) is 37.5 Å². The molecule has 2 amide bonds. The van der Waals surface area contributed by atoms with Crippen LogP contribution >= 0.6 is 0 Å². The van der Waals surface area contributed by atoms with Gasteiger partial charge in [0, 0.05) is 18.8 Å². The first-order chi connectivity index (χ1) is 10.5. The van der Waals surface area contributed by atoms with E-state index in [4.69, 9.17) is 0 Å². The van der Waals surface area contributed by atoms with Gasteiger partial charge in [0.15, 0.2) is 0 Å². The molecule has 2 rings (SSSR count). The van der Waals surface area contributed by atoms with Gasteiger partial charge in [-0.2, -0.15) is 0 Å². The molecule has 0 saturated carbocycles. The van der Waals surface area contributed by atoms with Crippen molar-refractivity contribution >= 4 is 11.7 Å². The number of carbonyl (C=O) groups is 1. The number of piperidine rings is 1. The summed E-state index contributed by atoms with van der Waals surface area (Å²) in [7, 11) is 0. The lowest BCUT2D eigenvalue weighted by atomic mass is 9.86. The Morgan fingerprint density at radius 3 is 2.73 bits per heavy atom. The van der Waals surface area contributed by atoms with Crippen LogP contribution in [-0.4, -0.2) is 34.7 Å². The van der Waals surface area contributed by atoms with Crippen LogP contribution in [0.2, 0.25) is 0 Å². The van der Waals surface area contributed by atoms with Crippen LogP contribution in [0.3, 0.4) is 0 Å². The summed E-state index contributed by atoms with van der Waals surface area (Å²) in [6, 6.07) is 5.62. The fourth-order valence-corrected chi connectivity index (χ4v) is 2.85.